The molecular weight excluding hydrogens is 253 g/mol. The molecule has 0 aliphatic rings. The summed E-state index contributed by atoms with van der Waals surface area (Å²) >= 11 is 5.68. The van der Waals surface area contributed by atoms with Crippen molar-refractivity contribution in [2.75, 3.05) is 11.1 Å². The summed E-state index contributed by atoms with van der Waals surface area (Å²) in [5, 5.41) is 11.9. The van der Waals surface area contributed by atoms with E-state index in [9.17, 15) is 4.39 Å². The predicted molar refractivity (Wildman–Crippen MR) is 70.3 cm³/mol. The first-order valence-electron chi connectivity index (χ1n) is 5.12. The second kappa shape index (κ2) is 4.94. The maximum Gasteiger partial charge on any atom is 0.141 e. The highest BCUT2D eigenvalue weighted by atomic mass is 35.5. The third-order valence-corrected chi connectivity index (χ3v) is 2.67. The molecule has 0 unspecified atom stereocenters. The molecule has 0 aliphatic heterocycles. The van der Waals surface area contributed by atoms with Crippen LogP contribution in [0.25, 0.3) is 0 Å². The average Bonchev–Trinajstić information content (AvgIpc) is 2.36. The zero-order valence-electron chi connectivity index (χ0n) is 9.24. The molecule has 0 heterocycles. The first-order chi connectivity index (χ1) is 8.60. The van der Waals surface area contributed by atoms with Crippen LogP contribution < -0.4 is 11.1 Å². The molecule has 2 aromatic carbocycles. The molecule has 0 bridgehead atoms. The van der Waals surface area contributed by atoms with Crippen LogP contribution in [0.2, 0.25) is 5.02 Å². The molecule has 18 heavy (non-hydrogen) atoms. The number of rotatable bonds is 2. The van der Waals surface area contributed by atoms with E-state index in [4.69, 9.17) is 22.6 Å². The van der Waals surface area contributed by atoms with Gasteiger partial charge in [0.2, 0.25) is 0 Å². The SMILES string of the molecule is N#Cc1cc(Nc2ccc(F)c(Cl)c2)ccc1N. The van der Waals surface area contributed by atoms with Crippen molar-refractivity contribution < 1.29 is 4.39 Å². The Balaban J connectivity index is 2.29. The fourth-order valence-corrected chi connectivity index (χ4v) is 1.65. The molecule has 2 rings (SSSR count). The van der Waals surface area contributed by atoms with Gasteiger partial charge in [-0.1, -0.05) is 11.6 Å². The molecule has 0 spiro atoms. The Morgan fingerprint density at radius 3 is 2.50 bits per heavy atom. The van der Waals surface area contributed by atoms with E-state index in [1.807, 2.05) is 6.07 Å². The molecule has 3 nitrogen and oxygen atoms in total. The third-order valence-electron chi connectivity index (χ3n) is 2.38. The average molecular weight is 262 g/mol. The molecule has 0 radical (unpaired) electrons. The maximum absolute atomic E-state index is 13.0. The number of halogens is 2. The molecule has 90 valence electrons. The quantitative estimate of drug-likeness (QED) is 0.811. The largest absolute Gasteiger partial charge is 0.398 e. The smallest absolute Gasteiger partial charge is 0.141 e. The van der Waals surface area contributed by atoms with E-state index >= 15 is 0 Å². The van der Waals surface area contributed by atoms with Gasteiger partial charge in [-0.2, -0.15) is 5.26 Å². The Kier molecular flexibility index (Phi) is 3.35. The highest BCUT2D eigenvalue weighted by Crippen LogP contribution is 2.24. The number of nitrogen functional groups attached to an aromatic ring is 1. The predicted octanol–water partition coefficient (Wildman–Crippen LogP) is 3.68. The second-order valence-electron chi connectivity index (χ2n) is 3.67. The lowest BCUT2D eigenvalue weighted by Gasteiger charge is -2.08. The van der Waals surface area contributed by atoms with Gasteiger partial charge in [-0.25, -0.2) is 4.39 Å². The van der Waals surface area contributed by atoms with Crippen molar-refractivity contribution in [1.82, 2.24) is 0 Å². The van der Waals surface area contributed by atoms with Gasteiger partial charge in [-0.15, -0.1) is 0 Å². The fraction of sp³-hybridized carbons (Fsp3) is 0. The summed E-state index contributed by atoms with van der Waals surface area (Å²) in [6, 6.07) is 11.3. The zero-order chi connectivity index (χ0) is 13.1. The van der Waals surface area contributed by atoms with E-state index in [1.54, 1.807) is 24.3 Å². The lowest BCUT2D eigenvalue weighted by atomic mass is 10.1. The van der Waals surface area contributed by atoms with Crippen molar-refractivity contribution >= 4 is 28.7 Å². The van der Waals surface area contributed by atoms with Crippen LogP contribution in [0.5, 0.6) is 0 Å². The molecule has 0 fully saturated rings. The Labute approximate surface area is 109 Å². The van der Waals surface area contributed by atoms with Crippen molar-refractivity contribution in [3.8, 4) is 6.07 Å². The minimum Gasteiger partial charge on any atom is -0.398 e. The number of nitriles is 1. The van der Waals surface area contributed by atoms with Crippen LogP contribution in [0, 0.1) is 17.1 Å². The minimum atomic E-state index is -0.475. The fourth-order valence-electron chi connectivity index (χ4n) is 1.47. The Morgan fingerprint density at radius 2 is 1.83 bits per heavy atom. The Morgan fingerprint density at radius 1 is 1.17 bits per heavy atom. The van der Waals surface area contributed by atoms with E-state index in [0.29, 0.717) is 22.6 Å². The summed E-state index contributed by atoms with van der Waals surface area (Å²) in [6.07, 6.45) is 0. The minimum absolute atomic E-state index is 0.0379. The molecule has 0 aliphatic carbocycles. The van der Waals surface area contributed by atoms with E-state index < -0.39 is 5.82 Å². The molecule has 0 saturated carbocycles. The number of benzene rings is 2. The van der Waals surface area contributed by atoms with Gasteiger partial charge in [-0.3, -0.25) is 0 Å². The topological polar surface area (TPSA) is 61.8 Å². The molecule has 0 aromatic heterocycles. The van der Waals surface area contributed by atoms with Gasteiger partial charge in [0, 0.05) is 17.1 Å². The number of nitrogens with one attached hydrogen (secondary N) is 1. The zero-order valence-corrected chi connectivity index (χ0v) is 10.0. The summed E-state index contributed by atoms with van der Waals surface area (Å²) < 4.78 is 13.0. The van der Waals surface area contributed by atoms with Gasteiger partial charge in [0.1, 0.15) is 11.9 Å². The molecule has 0 saturated heterocycles. The Bertz CT molecular complexity index is 635. The van der Waals surface area contributed by atoms with E-state index in [0.717, 1.165) is 0 Å². The van der Waals surface area contributed by atoms with Crippen molar-refractivity contribution in [2.45, 2.75) is 0 Å². The maximum atomic E-state index is 13.0. The van der Waals surface area contributed by atoms with Crippen LogP contribution in [0.4, 0.5) is 21.5 Å². The first kappa shape index (κ1) is 12.2. The van der Waals surface area contributed by atoms with Gasteiger partial charge in [0.15, 0.2) is 0 Å². The highest BCUT2D eigenvalue weighted by Gasteiger charge is 2.03. The van der Waals surface area contributed by atoms with Gasteiger partial charge in [0.05, 0.1) is 10.6 Å². The normalized spacial score (nSPS) is 9.83. The van der Waals surface area contributed by atoms with Crippen LogP contribution in [0.15, 0.2) is 36.4 Å². The molecular formula is C13H9ClFN3. The van der Waals surface area contributed by atoms with Crippen molar-refractivity contribution in [1.29, 1.82) is 5.26 Å². The number of hydrogen-bond acceptors (Lipinski definition) is 3. The number of nitrogens with two attached hydrogens (primary N) is 1. The monoisotopic (exact) mass is 261 g/mol. The van der Waals surface area contributed by atoms with Crippen LogP contribution >= 0.6 is 11.6 Å². The number of anilines is 3. The van der Waals surface area contributed by atoms with Crippen LogP contribution in [-0.4, -0.2) is 0 Å². The molecule has 2 aromatic rings. The van der Waals surface area contributed by atoms with Crippen LogP contribution in [-0.2, 0) is 0 Å². The second-order valence-corrected chi connectivity index (χ2v) is 4.07. The van der Waals surface area contributed by atoms with E-state index in [-0.39, 0.29) is 5.02 Å². The lowest BCUT2D eigenvalue weighted by Crippen LogP contribution is -1.95. The van der Waals surface area contributed by atoms with Crippen molar-refractivity contribution in [2.24, 2.45) is 0 Å². The van der Waals surface area contributed by atoms with Crippen molar-refractivity contribution in [3.63, 3.8) is 0 Å². The summed E-state index contributed by atoms with van der Waals surface area (Å²) in [4.78, 5) is 0. The highest BCUT2D eigenvalue weighted by molar-refractivity contribution is 6.31. The lowest BCUT2D eigenvalue weighted by molar-refractivity contribution is 0.628. The summed E-state index contributed by atoms with van der Waals surface area (Å²) in [6.45, 7) is 0. The Hall–Kier alpha value is -2.25. The van der Waals surface area contributed by atoms with Gasteiger partial charge >= 0.3 is 0 Å². The van der Waals surface area contributed by atoms with E-state index in [2.05, 4.69) is 5.32 Å². The van der Waals surface area contributed by atoms with Gasteiger partial charge in [-0.05, 0) is 36.4 Å². The van der Waals surface area contributed by atoms with Gasteiger partial charge in [0.25, 0.3) is 0 Å². The number of hydrogen-bond donors (Lipinski definition) is 2. The number of nitrogens with zero attached hydrogens (tertiary/aromatic N) is 1. The molecule has 3 N–H and O–H groups in total. The first-order valence-corrected chi connectivity index (χ1v) is 5.49. The third kappa shape index (κ3) is 2.53. The van der Waals surface area contributed by atoms with E-state index in [1.165, 1.54) is 12.1 Å². The van der Waals surface area contributed by atoms with Gasteiger partial charge < -0.3 is 11.1 Å². The standard InChI is InChI=1S/C13H9ClFN3/c14-11-6-10(1-3-12(11)15)18-9-2-4-13(17)8(5-9)7-16/h1-6,18H,17H2. The summed E-state index contributed by atoms with van der Waals surface area (Å²) in [5.74, 6) is -0.475. The summed E-state index contributed by atoms with van der Waals surface area (Å²) in [7, 11) is 0. The molecule has 0 atom stereocenters. The molecule has 0 amide bonds. The van der Waals surface area contributed by atoms with Crippen LogP contribution in [0.1, 0.15) is 5.56 Å². The van der Waals surface area contributed by atoms with Crippen molar-refractivity contribution in [3.05, 3.63) is 52.8 Å². The van der Waals surface area contributed by atoms with Crippen LogP contribution in [0.3, 0.4) is 0 Å². The molecule has 5 heteroatoms. The summed E-state index contributed by atoms with van der Waals surface area (Å²) in [5.41, 5.74) is 7.73.